The van der Waals surface area contributed by atoms with Gasteiger partial charge in [-0.3, -0.25) is 9.89 Å². The van der Waals surface area contributed by atoms with Crippen LogP contribution >= 0.6 is 0 Å². The smallest absolute Gasteiger partial charge is 0.273 e. The van der Waals surface area contributed by atoms with Crippen LogP contribution in [0.2, 0.25) is 0 Å². The third-order valence-electron chi connectivity index (χ3n) is 4.47. The summed E-state index contributed by atoms with van der Waals surface area (Å²) in [4.78, 5) is 12.6. The third-order valence-corrected chi connectivity index (χ3v) is 5.99. The zero-order valence-corrected chi connectivity index (χ0v) is 16.1. The number of sulfonamides is 1. The highest BCUT2D eigenvalue weighted by molar-refractivity contribution is 7.89. The van der Waals surface area contributed by atoms with Gasteiger partial charge in [-0.25, -0.2) is 13.1 Å². The van der Waals surface area contributed by atoms with E-state index < -0.39 is 15.9 Å². The molecule has 3 N–H and O–H groups in total. The van der Waals surface area contributed by atoms with Gasteiger partial charge in [0, 0.05) is 17.3 Å². The van der Waals surface area contributed by atoms with Gasteiger partial charge < -0.3 is 5.32 Å². The fourth-order valence-corrected chi connectivity index (χ4v) is 4.09. The van der Waals surface area contributed by atoms with E-state index in [0.29, 0.717) is 17.1 Å². The Morgan fingerprint density at radius 1 is 1.11 bits per heavy atom. The van der Waals surface area contributed by atoms with E-state index in [1.54, 1.807) is 18.2 Å². The minimum atomic E-state index is -3.58. The molecule has 1 aliphatic rings. The molecule has 1 aliphatic carbocycles. The fourth-order valence-electron chi connectivity index (χ4n) is 2.74. The maximum Gasteiger partial charge on any atom is 0.273 e. The molecule has 3 aromatic rings. The zero-order chi connectivity index (χ0) is 19.7. The monoisotopic (exact) mass is 396 g/mol. The average Bonchev–Trinajstić information content (AvgIpc) is 3.33. The summed E-state index contributed by atoms with van der Waals surface area (Å²) >= 11 is 0. The lowest BCUT2D eigenvalue weighted by molar-refractivity contribution is 0.102. The quantitative estimate of drug-likeness (QED) is 0.596. The van der Waals surface area contributed by atoms with Crippen molar-refractivity contribution in [3.63, 3.8) is 0 Å². The predicted molar refractivity (Wildman–Crippen MR) is 106 cm³/mol. The van der Waals surface area contributed by atoms with E-state index in [0.717, 1.165) is 24.0 Å². The van der Waals surface area contributed by atoms with Gasteiger partial charge >= 0.3 is 0 Å². The molecule has 144 valence electrons. The molecule has 2 aromatic carbocycles. The predicted octanol–water partition coefficient (Wildman–Crippen LogP) is 3.08. The Labute approximate surface area is 163 Å². The van der Waals surface area contributed by atoms with Crippen molar-refractivity contribution in [1.29, 1.82) is 0 Å². The summed E-state index contributed by atoms with van der Waals surface area (Å²) in [5, 5.41) is 9.62. The van der Waals surface area contributed by atoms with E-state index in [2.05, 4.69) is 20.2 Å². The number of hydrogen-bond donors (Lipinski definition) is 3. The summed E-state index contributed by atoms with van der Waals surface area (Å²) in [7, 11) is -3.58. The number of aromatic amines is 1. The standard InChI is InChI=1S/C20H20N4O3S/c1-13-5-7-14(8-6-13)18-12-19(23-22-18)20(25)21-16-3-2-4-17(11-16)28(26,27)24-15-9-10-15/h2-8,11-12,15,24H,9-10H2,1H3,(H,21,25)(H,22,23). The molecule has 0 spiro atoms. The van der Waals surface area contributed by atoms with Gasteiger partial charge in [-0.1, -0.05) is 35.9 Å². The number of aryl methyl sites for hydroxylation is 1. The third kappa shape index (κ3) is 4.13. The van der Waals surface area contributed by atoms with Crippen LogP contribution in [0, 0.1) is 6.92 Å². The number of rotatable bonds is 6. The van der Waals surface area contributed by atoms with Gasteiger partial charge in [-0.05, 0) is 44.0 Å². The van der Waals surface area contributed by atoms with Crippen LogP contribution in [0.25, 0.3) is 11.3 Å². The van der Waals surface area contributed by atoms with Crippen LogP contribution in [-0.2, 0) is 10.0 Å². The minimum Gasteiger partial charge on any atom is -0.321 e. The number of aromatic nitrogens is 2. The Bertz CT molecular complexity index is 1120. The highest BCUT2D eigenvalue weighted by atomic mass is 32.2. The lowest BCUT2D eigenvalue weighted by Gasteiger charge is -2.08. The van der Waals surface area contributed by atoms with E-state index >= 15 is 0 Å². The van der Waals surface area contributed by atoms with Crippen LogP contribution in [0.4, 0.5) is 5.69 Å². The van der Waals surface area contributed by atoms with Gasteiger partial charge in [-0.15, -0.1) is 0 Å². The molecule has 0 aliphatic heterocycles. The molecule has 0 saturated heterocycles. The van der Waals surface area contributed by atoms with Crippen molar-refractivity contribution < 1.29 is 13.2 Å². The maximum absolute atomic E-state index is 12.5. The summed E-state index contributed by atoms with van der Waals surface area (Å²) < 4.78 is 27.3. The Morgan fingerprint density at radius 3 is 2.57 bits per heavy atom. The molecule has 1 saturated carbocycles. The Morgan fingerprint density at radius 2 is 1.86 bits per heavy atom. The molecule has 1 fully saturated rings. The number of nitrogens with one attached hydrogen (secondary N) is 3. The Balaban J connectivity index is 1.49. The maximum atomic E-state index is 12.5. The number of hydrogen-bond acceptors (Lipinski definition) is 4. The van der Waals surface area contributed by atoms with Crippen molar-refractivity contribution in [3.05, 3.63) is 65.9 Å². The highest BCUT2D eigenvalue weighted by Gasteiger charge is 2.28. The summed E-state index contributed by atoms with van der Waals surface area (Å²) in [6, 6.07) is 15.7. The molecular weight excluding hydrogens is 376 g/mol. The number of nitrogens with zero attached hydrogens (tertiary/aromatic N) is 1. The molecule has 1 heterocycles. The molecule has 7 nitrogen and oxygen atoms in total. The molecule has 0 unspecified atom stereocenters. The van der Waals surface area contributed by atoms with Gasteiger partial charge in [0.25, 0.3) is 5.91 Å². The summed E-state index contributed by atoms with van der Waals surface area (Å²) in [5.41, 5.74) is 3.40. The molecule has 0 radical (unpaired) electrons. The number of amides is 1. The summed E-state index contributed by atoms with van der Waals surface area (Å²) in [6.45, 7) is 2.00. The van der Waals surface area contributed by atoms with Crippen molar-refractivity contribution in [2.24, 2.45) is 0 Å². The largest absolute Gasteiger partial charge is 0.321 e. The van der Waals surface area contributed by atoms with Crippen LogP contribution in [0.15, 0.2) is 59.5 Å². The first kappa shape index (κ1) is 18.4. The zero-order valence-electron chi connectivity index (χ0n) is 15.3. The number of H-pyrrole nitrogens is 1. The SMILES string of the molecule is Cc1ccc(-c2cc(C(=O)Nc3cccc(S(=O)(=O)NC4CC4)c3)[nH]n2)cc1. The van der Waals surface area contributed by atoms with Crippen LogP contribution in [0.1, 0.15) is 28.9 Å². The number of benzene rings is 2. The number of carbonyl (C=O) groups excluding carboxylic acids is 1. The Kier molecular flexibility index (Phi) is 4.74. The van der Waals surface area contributed by atoms with Crippen molar-refractivity contribution >= 4 is 21.6 Å². The molecule has 0 bridgehead atoms. The molecule has 0 atom stereocenters. The summed E-state index contributed by atoms with van der Waals surface area (Å²) in [5.74, 6) is -0.393. The van der Waals surface area contributed by atoms with Crippen LogP contribution < -0.4 is 10.0 Å². The first-order valence-corrected chi connectivity index (χ1v) is 10.5. The van der Waals surface area contributed by atoms with Crippen molar-refractivity contribution in [2.45, 2.75) is 30.7 Å². The average molecular weight is 396 g/mol. The van der Waals surface area contributed by atoms with Gasteiger partial charge in [0.2, 0.25) is 10.0 Å². The van der Waals surface area contributed by atoms with E-state index in [1.165, 1.54) is 12.1 Å². The van der Waals surface area contributed by atoms with E-state index in [1.807, 2.05) is 31.2 Å². The van der Waals surface area contributed by atoms with Gasteiger partial charge in [-0.2, -0.15) is 5.10 Å². The number of anilines is 1. The molecule has 28 heavy (non-hydrogen) atoms. The second-order valence-corrected chi connectivity index (χ2v) is 8.62. The normalized spacial score (nSPS) is 14.0. The molecule has 8 heteroatoms. The van der Waals surface area contributed by atoms with E-state index in [4.69, 9.17) is 0 Å². The summed E-state index contributed by atoms with van der Waals surface area (Å²) in [6.07, 6.45) is 1.72. The molecular formula is C20H20N4O3S. The minimum absolute atomic E-state index is 0.0217. The van der Waals surface area contributed by atoms with Crippen LogP contribution in [-0.4, -0.2) is 30.6 Å². The first-order chi connectivity index (χ1) is 13.4. The van der Waals surface area contributed by atoms with Gasteiger partial charge in [0.05, 0.1) is 10.6 Å². The molecule has 1 amide bonds. The Hall–Kier alpha value is -2.97. The second-order valence-electron chi connectivity index (χ2n) is 6.91. The molecule has 4 rings (SSSR count). The van der Waals surface area contributed by atoms with Crippen LogP contribution in [0.3, 0.4) is 0 Å². The lowest BCUT2D eigenvalue weighted by Crippen LogP contribution is -2.25. The van der Waals surface area contributed by atoms with E-state index in [9.17, 15) is 13.2 Å². The second kappa shape index (κ2) is 7.21. The highest BCUT2D eigenvalue weighted by Crippen LogP contribution is 2.24. The van der Waals surface area contributed by atoms with Gasteiger partial charge in [0.1, 0.15) is 5.69 Å². The van der Waals surface area contributed by atoms with Crippen molar-refractivity contribution in [2.75, 3.05) is 5.32 Å². The number of carbonyl (C=O) groups is 1. The first-order valence-electron chi connectivity index (χ1n) is 8.97. The van der Waals surface area contributed by atoms with Crippen molar-refractivity contribution in [1.82, 2.24) is 14.9 Å². The fraction of sp³-hybridized carbons (Fsp3) is 0.200. The molecule has 1 aromatic heterocycles. The van der Waals surface area contributed by atoms with Crippen molar-refractivity contribution in [3.8, 4) is 11.3 Å². The van der Waals surface area contributed by atoms with E-state index in [-0.39, 0.29) is 10.9 Å². The lowest BCUT2D eigenvalue weighted by atomic mass is 10.1. The van der Waals surface area contributed by atoms with Crippen LogP contribution in [0.5, 0.6) is 0 Å². The topological polar surface area (TPSA) is 104 Å². The van der Waals surface area contributed by atoms with Gasteiger partial charge in [0.15, 0.2) is 0 Å².